The predicted molar refractivity (Wildman–Crippen MR) is 102 cm³/mol. The summed E-state index contributed by atoms with van der Waals surface area (Å²) in [5, 5.41) is 8.99. The Morgan fingerprint density at radius 1 is 1.24 bits per heavy atom. The third-order valence-electron chi connectivity index (χ3n) is 4.15. The van der Waals surface area contributed by atoms with Crippen molar-refractivity contribution in [3.63, 3.8) is 0 Å². The fourth-order valence-electron chi connectivity index (χ4n) is 2.58. The molecule has 0 aliphatic carbocycles. The fraction of sp³-hybridized carbons (Fsp3) is 0.350. The molecule has 0 radical (unpaired) electrons. The van der Waals surface area contributed by atoms with E-state index in [-0.39, 0.29) is 11.3 Å². The number of nitrogens with zero attached hydrogens (tertiary/aromatic N) is 4. The van der Waals surface area contributed by atoms with E-state index in [2.05, 4.69) is 4.98 Å². The molecule has 0 bridgehead atoms. The van der Waals surface area contributed by atoms with Gasteiger partial charge in [-0.25, -0.2) is 4.98 Å². The summed E-state index contributed by atoms with van der Waals surface area (Å²) < 4.78 is 42.2. The van der Waals surface area contributed by atoms with Crippen LogP contribution in [0.2, 0.25) is 0 Å². The van der Waals surface area contributed by atoms with Crippen molar-refractivity contribution < 1.29 is 22.7 Å². The van der Waals surface area contributed by atoms with Crippen molar-refractivity contribution in [2.75, 3.05) is 38.2 Å². The number of alkyl halides is 3. The second kappa shape index (κ2) is 9.78. The average molecular weight is 406 g/mol. The topological polar surface area (TPSA) is 69.5 Å². The molecule has 0 unspecified atom stereocenters. The normalized spacial score (nSPS) is 10.9. The summed E-state index contributed by atoms with van der Waals surface area (Å²) in [6.45, 7) is 1.43. The lowest BCUT2D eigenvalue weighted by Gasteiger charge is -2.26. The highest BCUT2D eigenvalue weighted by atomic mass is 19.4. The van der Waals surface area contributed by atoms with E-state index >= 15 is 0 Å². The van der Waals surface area contributed by atoms with Crippen molar-refractivity contribution in [3.8, 4) is 11.8 Å². The van der Waals surface area contributed by atoms with Crippen LogP contribution in [-0.2, 0) is 0 Å². The number of ether oxygens (including phenoxy) is 1. The zero-order chi connectivity index (χ0) is 21.4. The van der Waals surface area contributed by atoms with E-state index in [4.69, 9.17) is 10.00 Å². The largest absolute Gasteiger partial charge is 0.483 e. The summed E-state index contributed by atoms with van der Waals surface area (Å²) in [4.78, 5) is 20.4. The van der Waals surface area contributed by atoms with Gasteiger partial charge in [0.15, 0.2) is 6.61 Å². The van der Waals surface area contributed by atoms with E-state index in [1.54, 1.807) is 37.1 Å². The number of amides is 1. The van der Waals surface area contributed by atoms with Crippen LogP contribution in [0.25, 0.3) is 0 Å². The number of benzene rings is 1. The van der Waals surface area contributed by atoms with Gasteiger partial charge in [-0.15, -0.1) is 0 Å². The molecule has 0 saturated heterocycles. The van der Waals surface area contributed by atoms with Gasteiger partial charge in [0.25, 0.3) is 5.91 Å². The summed E-state index contributed by atoms with van der Waals surface area (Å²) in [5.74, 6) is 0.0592. The summed E-state index contributed by atoms with van der Waals surface area (Å²) in [7, 11) is 1.78. The Morgan fingerprint density at radius 3 is 2.62 bits per heavy atom. The van der Waals surface area contributed by atoms with Crippen LogP contribution in [-0.4, -0.2) is 55.3 Å². The minimum absolute atomic E-state index is 0.0749. The van der Waals surface area contributed by atoms with Crippen LogP contribution in [0.4, 0.5) is 19.0 Å². The lowest BCUT2D eigenvalue weighted by atomic mass is 10.1. The maximum atomic E-state index is 12.9. The zero-order valence-corrected chi connectivity index (χ0v) is 16.1. The first-order chi connectivity index (χ1) is 13.7. The SMILES string of the molecule is CCN(CCN(C)c1cc(C#N)ccn1)C(=O)c1ccccc1OCC(F)(F)F. The molecule has 2 rings (SSSR count). The molecule has 0 fully saturated rings. The number of hydrogen-bond acceptors (Lipinski definition) is 5. The van der Waals surface area contributed by atoms with Gasteiger partial charge in [0.05, 0.1) is 17.2 Å². The van der Waals surface area contributed by atoms with Crippen molar-refractivity contribution in [1.82, 2.24) is 9.88 Å². The predicted octanol–water partition coefficient (Wildman–Crippen LogP) is 3.49. The molecule has 0 atom stereocenters. The Balaban J connectivity index is 2.08. The highest BCUT2D eigenvalue weighted by molar-refractivity contribution is 5.97. The van der Waals surface area contributed by atoms with Crippen LogP contribution in [0.15, 0.2) is 42.6 Å². The molecular formula is C20H21F3N4O2. The molecule has 0 spiro atoms. The number of carbonyl (C=O) groups excluding carboxylic acids is 1. The van der Waals surface area contributed by atoms with E-state index in [0.717, 1.165) is 0 Å². The van der Waals surface area contributed by atoms with Gasteiger partial charge in [-0.3, -0.25) is 4.79 Å². The van der Waals surface area contributed by atoms with Gasteiger partial charge in [-0.1, -0.05) is 12.1 Å². The van der Waals surface area contributed by atoms with Gasteiger partial charge in [0.2, 0.25) is 0 Å². The Morgan fingerprint density at radius 2 is 1.97 bits per heavy atom. The minimum atomic E-state index is -4.49. The average Bonchev–Trinajstić information content (AvgIpc) is 2.72. The quantitative estimate of drug-likeness (QED) is 0.671. The highest BCUT2D eigenvalue weighted by Crippen LogP contribution is 2.23. The Labute approximate surface area is 167 Å². The number of nitriles is 1. The van der Waals surface area contributed by atoms with Crippen LogP contribution >= 0.6 is 0 Å². The van der Waals surface area contributed by atoms with Crippen LogP contribution in [0.1, 0.15) is 22.8 Å². The molecule has 154 valence electrons. The lowest BCUT2D eigenvalue weighted by Crippen LogP contribution is -2.38. The van der Waals surface area contributed by atoms with Gasteiger partial charge in [0, 0.05) is 32.9 Å². The third kappa shape index (κ3) is 6.38. The second-order valence-electron chi connectivity index (χ2n) is 6.22. The van der Waals surface area contributed by atoms with Gasteiger partial charge in [-0.05, 0) is 31.2 Å². The van der Waals surface area contributed by atoms with E-state index in [1.807, 2.05) is 6.07 Å². The van der Waals surface area contributed by atoms with E-state index < -0.39 is 18.7 Å². The summed E-state index contributed by atoms with van der Waals surface area (Å²) in [5.41, 5.74) is 0.548. The molecule has 9 heteroatoms. The number of pyridine rings is 1. The Bertz CT molecular complexity index is 881. The maximum Gasteiger partial charge on any atom is 0.422 e. The second-order valence-corrected chi connectivity index (χ2v) is 6.22. The molecule has 6 nitrogen and oxygen atoms in total. The number of halogens is 3. The van der Waals surface area contributed by atoms with Crippen LogP contribution in [0.3, 0.4) is 0 Å². The van der Waals surface area contributed by atoms with Crippen LogP contribution < -0.4 is 9.64 Å². The molecule has 0 saturated carbocycles. The molecule has 0 aliphatic rings. The summed E-state index contributed by atoms with van der Waals surface area (Å²) in [6.07, 6.45) is -2.96. The van der Waals surface area contributed by atoms with Gasteiger partial charge in [0.1, 0.15) is 11.6 Å². The molecule has 1 heterocycles. The van der Waals surface area contributed by atoms with Crippen molar-refractivity contribution in [2.45, 2.75) is 13.1 Å². The van der Waals surface area contributed by atoms with E-state index in [0.29, 0.717) is 31.0 Å². The molecule has 0 N–H and O–H groups in total. The molecule has 1 amide bonds. The van der Waals surface area contributed by atoms with Crippen molar-refractivity contribution >= 4 is 11.7 Å². The first-order valence-corrected chi connectivity index (χ1v) is 8.90. The number of likely N-dealkylation sites (N-methyl/N-ethyl adjacent to an activating group) is 2. The minimum Gasteiger partial charge on any atom is -0.483 e. The lowest BCUT2D eigenvalue weighted by molar-refractivity contribution is -0.153. The Hall–Kier alpha value is -3.28. The number of anilines is 1. The molecule has 1 aromatic carbocycles. The van der Waals surface area contributed by atoms with Crippen LogP contribution in [0.5, 0.6) is 5.75 Å². The molecule has 2 aromatic rings. The Kier molecular flexibility index (Phi) is 7.42. The molecule has 29 heavy (non-hydrogen) atoms. The van der Waals surface area contributed by atoms with Crippen molar-refractivity contribution in [2.24, 2.45) is 0 Å². The number of hydrogen-bond donors (Lipinski definition) is 0. The number of para-hydroxylation sites is 1. The first kappa shape index (κ1) is 22.0. The van der Waals surface area contributed by atoms with Gasteiger partial charge < -0.3 is 14.5 Å². The monoisotopic (exact) mass is 406 g/mol. The molecule has 1 aromatic heterocycles. The fourth-order valence-corrected chi connectivity index (χ4v) is 2.58. The third-order valence-corrected chi connectivity index (χ3v) is 4.15. The van der Waals surface area contributed by atoms with Gasteiger partial charge >= 0.3 is 6.18 Å². The maximum absolute atomic E-state index is 12.9. The summed E-state index contributed by atoms with van der Waals surface area (Å²) in [6, 6.07) is 11.1. The zero-order valence-electron chi connectivity index (χ0n) is 16.1. The molecule has 0 aliphatic heterocycles. The van der Waals surface area contributed by atoms with Gasteiger partial charge in [-0.2, -0.15) is 18.4 Å². The number of aromatic nitrogens is 1. The number of carbonyl (C=O) groups is 1. The standard InChI is InChI=1S/C20H21F3N4O2/c1-3-27(11-10-26(2)18-12-15(13-24)8-9-25-18)19(28)16-6-4-5-7-17(16)29-14-20(21,22)23/h4-9,12H,3,10-11,14H2,1-2H3. The molecular weight excluding hydrogens is 385 g/mol. The highest BCUT2D eigenvalue weighted by Gasteiger charge is 2.29. The van der Waals surface area contributed by atoms with Crippen LogP contribution in [0, 0.1) is 11.3 Å². The van der Waals surface area contributed by atoms with Crippen molar-refractivity contribution in [3.05, 3.63) is 53.7 Å². The van der Waals surface area contributed by atoms with Crippen molar-refractivity contribution in [1.29, 1.82) is 5.26 Å². The van der Waals surface area contributed by atoms with E-state index in [1.165, 1.54) is 29.3 Å². The first-order valence-electron chi connectivity index (χ1n) is 8.90. The summed E-state index contributed by atoms with van der Waals surface area (Å²) >= 11 is 0. The van der Waals surface area contributed by atoms with E-state index in [9.17, 15) is 18.0 Å². The number of rotatable bonds is 8. The smallest absolute Gasteiger partial charge is 0.422 e.